The highest BCUT2D eigenvalue weighted by Crippen LogP contribution is 2.60. The number of esters is 1. The van der Waals surface area contributed by atoms with Gasteiger partial charge in [-0.3, -0.25) is 9.59 Å². The van der Waals surface area contributed by atoms with Gasteiger partial charge < -0.3 is 9.15 Å². The number of carbonyl (C=O) groups excluding carboxylic acids is 2. The predicted octanol–water partition coefficient (Wildman–Crippen LogP) is 4.04. The molecular weight excluding hydrogens is 356 g/mol. The highest BCUT2D eigenvalue weighted by molar-refractivity contribution is 5.92. The zero-order valence-electron chi connectivity index (χ0n) is 16.0. The number of fused-ring (bicyclic) bond motifs is 1. The van der Waals surface area contributed by atoms with Gasteiger partial charge in [0, 0.05) is 11.5 Å². The third-order valence-corrected chi connectivity index (χ3v) is 7.05. The molecule has 6 rings (SSSR count). The fourth-order valence-corrected chi connectivity index (χ4v) is 6.18. The van der Waals surface area contributed by atoms with Gasteiger partial charge in [-0.25, -0.2) is 4.79 Å². The van der Waals surface area contributed by atoms with Gasteiger partial charge in [0.25, 0.3) is 0 Å². The average molecular weight is 380 g/mol. The molecule has 4 saturated carbocycles. The van der Waals surface area contributed by atoms with Crippen molar-refractivity contribution in [3.05, 3.63) is 45.8 Å². The number of Topliss-reactive ketones (excluding diaryl/α,β-unsaturated/α-hetero) is 1. The van der Waals surface area contributed by atoms with Gasteiger partial charge in [0.1, 0.15) is 5.58 Å². The Bertz CT molecular complexity index is 996. The summed E-state index contributed by atoms with van der Waals surface area (Å²) in [6.07, 6.45) is 6.61. The summed E-state index contributed by atoms with van der Waals surface area (Å²) >= 11 is 0. The summed E-state index contributed by atoms with van der Waals surface area (Å²) in [6, 6.07) is 6.37. The fourth-order valence-electron chi connectivity index (χ4n) is 6.18. The molecule has 0 unspecified atom stereocenters. The monoisotopic (exact) mass is 380 g/mol. The number of rotatable bonds is 4. The van der Waals surface area contributed by atoms with Crippen molar-refractivity contribution in [2.45, 2.75) is 45.4 Å². The smallest absolute Gasteiger partial charge is 0.374 e. The van der Waals surface area contributed by atoms with Crippen LogP contribution in [0, 0.1) is 30.1 Å². The summed E-state index contributed by atoms with van der Waals surface area (Å²) in [7, 11) is 0. The summed E-state index contributed by atoms with van der Waals surface area (Å²) in [5.41, 5.74) is 0.703. The summed E-state index contributed by atoms with van der Waals surface area (Å²) in [5.74, 6) is 1.12. The van der Waals surface area contributed by atoms with Gasteiger partial charge >= 0.3 is 5.97 Å². The lowest BCUT2D eigenvalue weighted by Gasteiger charge is -2.55. The van der Waals surface area contributed by atoms with E-state index in [0.29, 0.717) is 28.7 Å². The number of carbonyl (C=O) groups is 2. The standard InChI is InChI=1S/C23H24O5/c1-13-2-3-19-17(4-13)18(24)8-20(28-19)22(26)27-12-21(25)23-9-14-5-15(10-23)7-16(6-14)11-23/h2-4,8,14-16H,5-7,9-12H2,1H3. The second-order valence-corrected chi connectivity index (χ2v) is 9.17. The van der Waals surface area contributed by atoms with Crippen molar-refractivity contribution in [2.75, 3.05) is 6.61 Å². The van der Waals surface area contributed by atoms with Crippen LogP contribution < -0.4 is 5.43 Å². The van der Waals surface area contributed by atoms with E-state index >= 15 is 0 Å². The molecule has 4 fully saturated rings. The summed E-state index contributed by atoms with van der Waals surface area (Å²) in [6.45, 7) is 1.65. The second-order valence-electron chi connectivity index (χ2n) is 9.17. The molecule has 5 nitrogen and oxygen atoms in total. The molecule has 0 aliphatic heterocycles. The maximum atomic E-state index is 13.0. The molecule has 2 aromatic rings. The van der Waals surface area contributed by atoms with E-state index in [2.05, 4.69) is 0 Å². The van der Waals surface area contributed by atoms with Gasteiger partial charge in [-0.2, -0.15) is 0 Å². The minimum Gasteiger partial charge on any atom is -0.452 e. The van der Waals surface area contributed by atoms with Crippen LogP contribution in [0.25, 0.3) is 11.0 Å². The van der Waals surface area contributed by atoms with Gasteiger partial charge in [-0.05, 0) is 75.3 Å². The van der Waals surface area contributed by atoms with Crippen molar-refractivity contribution in [1.29, 1.82) is 0 Å². The molecule has 28 heavy (non-hydrogen) atoms. The lowest BCUT2D eigenvalue weighted by molar-refractivity contribution is -0.147. The van der Waals surface area contributed by atoms with Crippen LogP contribution in [0.3, 0.4) is 0 Å². The molecule has 4 bridgehead atoms. The molecule has 146 valence electrons. The third kappa shape index (κ3) is 2.88. The van der Waals surface area contributed by atoms with Crippen molar-refractivity contribution < 1.29 is 18.7 Å². The van der Waals surface area contributed by atoms with E-state index in [9.17, 15) is 14.4 Å². The Morgan fingerprint density at radius 3 is 2.36 bits per heavy atom. The Balaban J connectivity index is 1.31. The molecule has 1 heterocycles. The first-order valence-electron chi connectivity index (χ1n) is 10.2. The molecule has 5 heteroatoms. The van der Waals surface area contributed by atoms with Crippen molar-refractivity contribution in [1.82, 2.24) is 0 Å². The maximum Gasteiger partial charge on any atom is 0.374 e. The number of benzene rings is 1. The molecule has 0 N–H and O–H groups in total. The first-order chi connectivity index (χ1) is 13.4. The Morgan fingerprint density at radius 1 is 1.07 bits per heavy atom. The molecule has 1 aromatic carbocycles. The first kappa shape index (κ1) is 17.7. The van der Waals surface area contributed by atoms with E-state index in [1.165, 1.54) is 19.3 Å². The van der Waals surface area contributed by atoms with Gasteiger partial charge in [0.15, 0.2) is 17.8 Å². The Morgan fingerprint density at radius 2 is 1.71 bits per heavy atom. The fraction of sp³-hybridized carbons (Fsp3) is 0.522. The van der Waals surface area contributed by atoms with Crippen LogP contribution in [0.1, 0.15) is 54.6 Å². The van der Waals surface area contributed by atoms with E-state index in [0.717, 1.165) is 30.9 Å². The molecule has 0 saturated heterocycles. The van der Waals surface area contributed by atoms with Crippen LogP contribution in [0.5, 0.6) is 0 Å². The van der Waals surface area contributed by atoms with Crippen LogP contribution in [-0.2, 0) is 9.53 Å². The largest absolute Gasteiger partial charge is 0.452 e. The topological polar surface area (TPSA) is 73.6 Å². The Labute approximate surface area is 163 Å². The number of aryl methyl sites for hydroxylation is 1. The maximum absolute atomic E-state index is 13.0. The minimum absolute atomic E-state index is 0.0405. The Kier molecular flexibility index (Phi) is 3.97. The average Bonchev–Trinajstić information content (AvgIpc) is 2.65. The van der Waals surface area contributed by atoms with Crippen LogP contribution in [-0.4, -0.2) is 18.4 Å². The number of ketones is 1. The molecule has 0 radical (unpaired) electrons. The zero-order chi connectivity index (χ0) is 19.5. The highest BCUT2D eigenvalue weighted by Gasteiger charge is 2.54. The van der Waals surface area contributed by atoms with E-state index in [-0.39, 0.29) is 29.0 Å². The van der Waals surface area contributed by atoms with Crippen molar-refractivity contribution in [2.24, 2.45) is 23.2 Å². The van der Waals surface area contributed by atoms with Gasteiger partial charge in [-0.1, -0.05) is 11.6 Å². The van der Waals surface area contributed by atoms with Crippen molar-refractivity contribution in [3.63, 3.8) is 0 Å². The van der Waals surface area contributed by atoms with Crippen LogP contribution >= 0.6 is 0 Å². The molecule has 0 atom stereocenters. The van der Waals surface area contributed by atoms with E-state index in [1.807, 2.05) is 13.0 Å². The molecule has 0 amide bonds. The summed E-state index contributed by atoms with van der Waals surface area (Å²) in [5, 5.41) is 0.432. The third-order valence-electron chi connectivity index (χ3n) is 7.05. The lowest BCUT2D eigenvalue weighted by Crippen LogP contribution is -2.51. The van der Waals surface area contributed by atoms with Crippen LogP contribution in [0.4, 0.5) is 0 Å². The minimum atomic E-state index is -0.752. The molecule has 4 aliphatic carbocycles. The Hall–Kier alpha value is -2.43. The van der Waals surface area contributed by atoms with E-state index < -0.39 is 5.97 Å². The van der Waals surface area contributed by atoms with E-state index in [4.69, 9.17) is 9.15 Å². The van der Waals surface area contributed by atoms with Gasteiger partial charge in [0.05, 0.1) is 5.39 Å². The quantitative estimate of drug-likeness (QED) is 0.749. The zero-order valence-corrected chi connectivity index (χ0v) is 16.0. The van der Waals surface area contributed by atoms with Crippen LogP contribution in [0.2, 0.25) is 0 Å². The number of hydrogen-bond donors (Lipinski definition) is 0. The second kappa shape index (κ2) is 6.29. The van der Waals surface area contributed by atoms with Gasteiger partial charge in [0.2, 0.25) is 5.76 Å². The predicted molar refractivity (Wildman–Crippen MR) is 103 cm³/mol. The van der Waals surface area contributed by atoms with Crippen LogP contribution in [0.15, 0.2) is 33.5 Å². The van der Waals surface area contributed by atoms with Crippen molar-refractivity contribution >= 4 is 22.7 Å². The highest BCUT2D eigenvalue weighted by atomic mass is 16.5. The normalized spacial score (nSPS) is 30.5. The molecule has 1 aromatic heterocycles. The van der Waals surface area contributed by atoms with Crippen molar-refractivity contribution in [3.8, 4) is 0 Å². The SMILES string of the molecule is Cc1ccc2oc(C(=O)OCC(=O)C34CC5CC(CC(C5)C3)C4)cc(=O)c2c1. The first-order valence-corrected chi connectivity index (χ1v) is 10.2. The molecule has 0 spiro atoms. The lowest BCUT2D eigenvalue weighted by atomic mass is 9.48. The van der Waals surface area contributed by atoms with E-state index in [1.54, 1.807) is 12.1 Å². The van der Waals surface area contributed by atoms with Gasteiger partial charge in [-0.15, -0.1) is 0 Å². The molecule has 4 aliphatic rings. The number of hydrogen-bond acceptors (Lipinski definition) is 5. The number of ether oxygens (including phenoxy) is 1. The summed E-state index contributed by atoms with van der Waals surface area (Å²) < 4.78 is 10.8. The molecular formula is C23H24O5. The summed E-state index contributed by atoms with van der Waals surface area (Å²) in [4.78, 5) is 37.7.